The molecule has 5 heteroatoms. The van der Waals surface area contributed by atoms with Gasteiger partial charge in [-0.1, -0.05) is 15.9 Å². The van der Waals surface area contributed by atoms with Gasteiger partial charge in [0.15, 0.2) is 0 Å². The molecular weight excluding hydrogens is 324 g/mol. The number of halogens is 1. The molecule has 0 aliphatic rings. The first kappa shape index (κ1) is 14.1. The lowest BCUT2D eigenvalue weighted by atomic mass is 10.1. The van der Waals surface area contributed by atoms with Crippen LogP contribution in [-0.4, -0.2) is 5.91 Å². The Bertz CT molecular complexity index is 622. The molecule has 0 saturated heterocycles. The van der Waals surface area contributed by atoms with Crippen LogP contribution < -0.4 is 11.1 Å². The lowest BCUT2D eigenvalue weighted by molar-refractivity contribution is 0.0950. The van der Waals surface area contributed by atoms with Crippen molar-refractivity contribution in [1.29, 1.82) is 0 Å². The molecule has 0 aliphatic carbocycles. The third-order valence-corrected chi connectivity index (χ3v) is 4.33. The van der Waals surface area contributed by atoms with Gasteiger partial charge in [-0.15, -0.1) is 11.3 Å². The second-order valence-corrected chi connectivity index (χ2v) is 6.65. The fourth-order valence-corrected chi connectivity index (χ4v) is 3.08. The third-order valence-electron chi connectivity index (χ3n) is 2.88. The maximum Gasteiger partial charge on any atom is 0.251 e. The lowest BCUT2D eigenvalue weighted by Gasteiger charge is -2.09. The fourth-order valence-electron chi connectivity index (χ4n) is 1.78. The first-order chi connectivity index (χ1) is 8.97. The van der Waals surface area contributed by atoms with Crippen molar-refractivity contribution in [2.75, 3.05) is 5.73 Å². The molecule has 3 nitrogen and oxygen atoms in total. The van der Waals surface area contributed by atoms with Gasteiger partial charge in [0, 0.05) is 25.5 Å². The van der Waals surface area contributed by atoms with Crippen molar-refractivity contribution in [3.63, 3.8) is 0 Å². The van der Waals surface area contributed by atoms with Crippen LogP contribution in [0.15, 0.2) is 28.7 Å². The Hall–Kier alpha value is -1.33. The Morgan fingerprint density at radius 1 is 1.37 bits per heavy atom. The second kappa shape index (κ2) is 5.75. The standard InChI is InChI=1S/C14H15BrN2OS/c1-8-3-4-11(19-8)7-17-14(18)12-5-10(15)6-13(16)9(12)2/h3-6H,7,16H2,1-2H3,(H,17,18). The Balaban J connectivity index is 2.12. The van der Waals surface area contributed by atoms with Gasteiger partial charge in [0.25, 0.3) is 5.91 Å². The molecule has 2 aromatic rings. The van der Waals surface area contributed by atoms with Crippen LogP contribution in [0.3, 0.4) is 0 Å². The Morgan fingerprint density at radius 2 is 2.11 bits per heavy atom. The van der Waals surface area contributed by atoms with E-state index in [1.165, 1.54) is 4.88 Å². The van der Waals surface area contributed by atoms with E-state index in [0.29, 0.717) is 17.8 Å². The third kappa shape index (κ3) is 3.36. The molecule has 100 valence electrons. The molecule has 0 saturated carbocycles. The van der Waals surface area contributed by atoms with Gasteiger partial charge in [-0.3, -0.25) is 4.79 Å². The number of thiophene rings is 1. The molecule has 1 aromatic carbocycles. The second-order valence-electron chi connectivity index (χ2n) is 4.36. The number of nitrogens with one attached hydrogen (secondary N) is 1. The largest absolute Gasteiger partial charge is 0.398 e. The predicted octanol–water partition coefficient (Wildman–Crippen LogP) is 3.64. The van der Waals surface area contributed by atoms with Crippen LogP contribution in [0.2, 0.25) is 0 Å². The number of carbonyl (C=O) groups is 1. The van der Waals surface area contributed by atoms with E-state index in [1.807, 2.05) is 13.0 Å². The zero-order chi connectivity index (χ0) is 14.0. The summed E-state index contributed by atoms with van der Waals surface area (Å²) in [5.74, 6) is -0.100. The minimum absolute atomic E-state index is 0.100. The van der Waals surface area contributed by atoms with Crippen LogP contribution in [0.4, 0.5) is 5.69 Å². The summed E-state index contributed by atoms with van der Waals surface area (Å²) in [7, 11) is 0. The Kier molecular flexibility index (Phi) is 4.27. The Labute approximate surface area is 125 Å². The van der Waals surface area contributed by atoms with Crippen molar-refractivity contribution >= 4 is 38.9 Å². The van der Waals surface area contributed by atoms with Gasteiger partial charge in [-0.2, -0.15) is 0 Å². The van der Waals surface area contributed by atoms with E-state index in [1.54, 1.807) is 23.5 Å². The molecule has 0 fully saturated rings. The lowest BCUT2D eigenvalue weighted by Crippen LogP contribution is -2.23. The molecule has 1 aromatic heterocycles. The summed E-state index contributed by atoms with van der Waals surface area (Å²) in [5.41, 5.74) is 7.90. The summed E-state index contributed by atoms with van der Waals surface area (Å²) in [5, 5.41) is 2.92. The van der Waals surface area contributed by atoms with E-state index in [0.717, 1.165) is 14.9 Å². The first-order valence-electron chi connectivity index (χ1n) is 5.86. The summed E-state index contributed by atoms with van der Waals surface area (Å²) < 4.78 is 0.813. The highest BCUT2D eigenvalue weighted by Gasteiger charge is 2.12. The van der Waals surface area contributed by atoms with Gasteiger partial charge in [0.05, 0.1) is 6.54 Å². The number of benzene rings is 1. The minimum atomic E-state index is -0.100. The van der Waals surface area contributed by atoms with Crippen molar-refractivity contribution in [2.45, 2.75) is 20.4 Å². The molecule has 1 heterocycles. The number of nitrogens with two attached hydrogens (primary N) is 1. The van der Waals surface area contributed by atoms with Crippen LogP contribution in [0, 0.1) is 13.8 Å². The molecule has 1 amide bonds. The van der Waals surface area contributed by atoms with Gasteiger partial charge < -0.3 is 11.1 Å². The molecule has 3 N–H and O–H groups in total. The van der Waals surface area contributed by atoms with Crippen LogP contribution in [-0.2, 0) is 6.54 Å². The number of aryl methyl sites for hydroxylation is 1. The van der Waals surface area contributed by atoms with Gasteiger partial charge in [-0.05, 0) is 43.7 Å². The molecule has 0 radical (unpaired) electrons. The number of amides is 1. The summed E-state index contributed by atoms with van der Waals surface area (Å²) >= 11 is 5.04. The highest BCUT2D eigenvalue weighted by Crippen LogP contribution is 2.23. The van der Waals surface area contributed by atoms with E-state index in [-0.39, 0.29) is 5.91 Å². The topological polar surface area (TPSA) is 55.1 Å². The summed E-state index contributed by atoms with van der Waals surface area (Å²) in [4.78, 5) is 14.6. The van der Waals surface area contributed by atoms with Crippen molar-refractivity contribution in [2.24, 2.45) is 0 Å². The van der Waals surface area contributed by atoms with Crippen LogP contribution in [0.5, 0.6) is 0 Å². The van der Waals surface area contributed by atoms with Crippen molar-refractivity contribution in [3.8, 4) is 0 Å². The Morgan fingerprint density at radius 3 is 2.74 bits per heavy atom. The zero-order valence-electron chi connectivity index (χ0n) is 10.8. The van der Waals surface area contributed by atoms with Gasteiger partial charge in [-0.25, -0.2) is 0 Å². The van der Waals surface area contributed by atoms with Crippen molar-refractivity contribution in [3.05, 3.63) is 49.6 Å². The quantitative estimate of drug-likeness (QED) is 0.839. The zero-order valence-corrected chi connectivity index (χ0v) is 13.2. The normalized spacial score (nSPS) is 10.5. The van der Waals surface area contributed by atoms with E-state index < -0.39 is 0 Å². The highest BCUT2D eigenvalue weighted by molar-refractivity contribution is 9.10. The molecular formula is C14H15BrN2OS. The maximum absolute atomic E-state index is 12.2. The molecule has 0 unspecified atom stereocenters. The molecule has 2 rings (SSSR count). The molecule has 0 bridgehead atoms. The van der Waals surface area contributed by atoms with Crippen LogP contribution in [0.25, 0.3) is 0 Å². The summed E-state index contributed by atoms with van der Waals surface area (Å²) in [6.07, 6.45) is 0. The average Bonchev–Trinajstić information content (AvgIpc) is 2.76. The predicted molar refractivity (Wildman–Crippen MR) is 83.5 cm³/mol. The van der Waals surface area contributed by atoms with E-state index in [9.17, 15) is 4.79 Å². The molecule has 0 atom stereocenters. The van der Waals surface area contributed by atoms with Crippen LogP contribution in [0.1, 0.15) is 25.7 Å². The number of carbonyl (C=O) groups excluding carboxylic acids is 1. The van der Waals surface area contributed by atoms with Gasteiger partial charge >= 0.3 is 0 Å². The smallest absolute Gasteiger partial charge is 0.251 e. The monoisotopic (exact) mass is 338 g/mol. The summed E-state index contributed by atoms with van der Waals surface area (Å²) in [6, 6.07) is 7.67. The molecule has 0 aliphatic heterocycles. The first-order valence-corrected chi connectivity index (χ1v) is 7.47. The SMILES string of the molecule is Cc1ccc(CNC(=O)c2cc(Br)cc(N)c2C)s1. The fraction of sp³-hybridized carbons (Fsp3) is 0.214. The number of rotatable bonds is 3. The molecule has 19 heavy (non-hydrogen) atoms. The van der Waals surface area contributed by atoms with Gasteiger partial charge in [0.1, 0.15) is 0 Å². The van der Waals surface area contributed by atoms with E-state index >= 15 is 0 Å². The van der Waals surface area contributed by atoms with Crippen molar-refractivity contribution in [1.82, 2.24) is 5.32 Å². The number of anilines is 1. The van der Waals surface area contributed by atoms with Crippen molar-refractivity contribution < 1.29 is 4.79 Å². The number of hydrogen-bond donors (Lipinski definition) is 2. The maximum atomic E-state index is 12.2. The highest BCUT2D eigenvalue weighted by atomic mass is 79.9. The molecule has 0 spiro atoms. The number of hydrogen-bond acceptors (Lipinski definition) is 3. The number of nitrogen functional groups attached to an aromatic ring is 1. The average molecular weight is 339 g/mol. The van der Waals surface area contributed by atoms with E-state index in [2.05, 4.69) is 34.2 Å². The van der Waals surface area contributed by atoms with Crippen LogP contribution >= 0.6 is 27.3 Å². The van der Waals surface area contributed by atoms with Gasteiger partial charge in [0.2, 0.25) is 0 Å². The minimum Gasteiger partial charge on any atom is -0.398 e. The van der Waals surface area contributed by atoms with E-state index in [4.69, 9.17) is 5.73 Å². The summed E-state index contributed by atoms with van der Waals surface area (Å²) in [6.45, 7) is 4.45.